The third-order valence-corrected chi connectivity index (χ3v) is 4.94. The van der Waals surface area contributed by atoms with Gasteiger partial charge in [0.05, 0.1) is 33.6 Å². The van der Waals surface area contributed by atoms with Crippen LogP contribution in [0.25, 0.3) is 20.8 Å². The van der Waals surface area contributed by atoms with E-state index in [1.807, 2.05) is 12.1 Å². The Kier molecular flexibility index (Phi) is 6.71. The number of rotatable bonds is 3. The van der Waals surface area contributed by atoms with E-state index in [1.165, 1.54) is 10.2 Å². The number of aromatic nitrogens is 1. The molecule has 3 rings (SSSR count). The van der Waals surface area contributed by atoms with Crippen LogP contribution in [0.1, 0.15) is 13.8 Å². The largest absolute Gasteiger partial charge is 0.726 e. The van der Waals surface area contributed by atoms with Gasteiger partial charge in [0.25, 0.3) is 0 Å². The maximum atomic E-state index is 8.63. The van der Waals surface area contributed by atoms with E-state index in [2.05, 4.69) is 36.6 Å². The molecule has 0 saturated heterocycles. The summed E-state index contributed by atoms with van der Waals surface area (Å²) in [5, 5.41) is 1.23. The fourth-order valence-corrected chi connectivity index (χ4v) is 3.65. The summed E-state index contributed by atoms with van der Waals surface area (Å²) in [5.41, 5.74) is 8.57. The fourth-order valence-electron chi connectivity index (χ4n) is 2.62. The van der Waals surface area contributed by atoms with Crippen LogP contribution in [0, 0.1) is 0 Å². The van der Waals surface area contributed by atoms with E-state index in [1.54, 1.807) is 18.4 Å². The highest BCUT2D eigenvalue weighted by molar-refractivity contribution is 7.79. The van der Waals surface area contributed by atoms with Crippen molar-refractivity contribution in [2.45, 2.75) is 13.8 Å². The number of fused-ring (bicyclic) bond motifs is 2. The summed E-state index contributed by atoms with van der Waals surface area (Å²) in [6.07, 6.45) is 0. The van der Waals surface area contributed by atoms with Crippen molar-refractivity contribution in [3.8, 4) is 16.3 Å². The molecule has 3 N–H and O–H groups in total. The van der Waals surface area contributed by atoms with E-state index < -0.39 is 10.4 Å². The molecule has 0 radical (unpaired) electrons. The molecular weight excluding hydrogens is 390 g/mol. The van der Waals surface area contributed by atoms with Crippen molar-refractivity contribution in [1.82, 2.24) is 9.56 Å². The zero-order valence-electron chi connectivity index (χ0n) is 15.2. The first-order valence-electron chi connectivity index (χ1n) is 8.10. The highest BCUT2D eigenvalue weighted by Gasteiger charge is 2.11. The van der Waals surface area contributed by atoms with Crippen molar-refractivity contribution in [2.24, 2.45) is 0 Å². The van der Waals surface area contributed by atoms with Gasteiger partial charge in [-0.15, -0.1) is 11.3 Å². The SMILES string of the molecule is CC[N+](CC)=c1ccc2nc3cc(OC)c(N)cc3sc-2c1.O=S(=O)([O-])O. The second kappa shape index (κ2) is 8.61. The van der Waals surface area contributed by atoms with Crippen LogP contribution in [0.15, 0.2) is 30.3 Å². The molecule has 146 valence electrons. The Morgan fingerprint density at radius 2 is 1.89 bits per heavy atom. The molecule has 8 nitrogen and oxygen atoms in total. The Balaban J connectivity index is 0.000000465. The summed E-state index contributed by atoms with van der Waals surface area (Å²) in [7, 11) is -3.29. The van der Waals surface area contributed by atoms with E-state index >= 15 is 0 Å². The van der Waals surface area contributed by atoms with Crippen molar-refractivity contribution in [3.63, 3.8) is 0 Å². The molecule has 2 aliphatic rings. The van der Waals surface area contributed by atoms with Gasteiger partial charge in [-0.1, -0.05) is 0 Å². The van der Waals surface area contributed by atoms with Crippen molar-refractivity contribution in [1.29, 1.82) is 0 Å². The smallest absolute Gasteiger partial charge is 0.215 e. The van der Waals surface area contributed by atoms with Crippen LogP contribution in [-0.2, 0) is 10.4 Å². The van der Waals surface area contributed by atoms with Gasteiger partial charge in [0.15, 0.2) is 0 Å². The minimum absolute atomic E-state index is 0.646. The zero-order chi connectivity index (χ0) is 20.2. The van der Waals surface area contributed by atoms with Gasteiger partial charge in [-0.05, 0) is 26.0 Å². The first-order chi connectivity index (χ1) is 12.7. The average Bonchev–Trinajstić information content (AvgIpc) is 2.59. The Labute approximate surface area is 161 Å². The number of nitrogens with two attached hydrogens (primary N) is 1. The summed E-state index contributed by atoms with van der Waals surface area (Å²) in [4.78, 5) is 5.90. The van der Waals surface area contributed by atoms with Crippen LogP contribution >= 0.6 is 11.3 Å². The number of benzene rings is 2. The summed E-state index contributed by atoms with van der Waals surface area (Å²) in [6.45, 7) is 6.33. The second-order valence-corrected chi connectivity index (χ2v) is 7.47. The number of nitrogens with zero attached hydrogens (tertiary/aromatic N) is 2. The summed E-state index contributed by atoms with van der Waals surface area (Å²) < 4.78 is 41.5. The Bertz CT molecular complexity index is 1080. The summed E-state index contributed by atoms with van der Waals surface area (Å²) >= 11 is 1.71. The van der Waals surface area contributed by atoms with Crippen molar-refractivity contribution >= 4 is 37.6 Å². The molecule has 1 aromatic carbocycles. The van der Waals surface area contributed by atoms with Crippen molar-refractivity contribution < 1.29 is 22.3 Å². The number of ether oxygens (including phenoxy) is 1. The maximum absolute atomic E-state index is 8.63. The first kappa shape index (κ1) is 21.0. The number of hydrogen-bond donors (Lipinski definition) is 2. The van der Waals surface area contributed by atoms with E-state index in [4.69, 9.17) is 33.0 Å². The second-order valence-electron chi connectivity index (χ2n) is 5.53. The van der Waals surface area contributed by atoms with Gasteiger partial charge in [-0.25, -0.2) is 18.0 Å². The van der Waals surface area contributed by atoms with Crippen LogP contribution in [0.5, 0.6) is 5.75 Å². The van der Waals surface area contributed by atoms with Crippen molar-refractivity contribution in [3.05, 3.63) is 35.7 Å². The van der Waals surface area contributed by atoms with Crippen LogP contribution < -0.4 is 20.4 Å². The lowest BCUT2D eigenvalue weighted by Crippen LogP contribution is -2.29. The van der Waals surface area contributed by atoms with Gasteiger partial charge < -0.3 is 15.0 Å². The van der Waals surface area contributed by atoms with E-state index in [0.717, 1.165) is 29.0 Å². The summed E-state index contributed by atoms with van der Waals surface area (Å²) in [6, 6.07) is 10.3. The Hall–Kier alpha value is -2.27. The monoisotopic (exact) mass is 411 g/mol. The molecule has 0 fully saturated rings. The molecule has 0 saturated carbocycles. The topological polar surface area (TPSA) is 129 Å². The van der Waals surface area contributed by atoms with Gasteiger partial charge >= 0.3 is 0 Å². The van der Waals surface area contributed by atoms with Gasteiger partial charge in [0.1, 0.15) is 18.8 Å². The molecule has 1 aromatic rings. The third kappa shape index (κ3) is 5.60. The molecule has 0 aromatic heterocycles. The molecule has 0 amide bonds. The van der Waals surface area contributed by atoms with Gasteiger partial charge in [-0.2, -0.15) is 0 Å². The molecule has 10 heteroatoms. The number of methoxy groups -OCH3 is 1. The minimum Gasteiger partial charge on any atom is -0.726 e. The molecule has 0 unspecified atom stereocenters. The standard InChI is InChI=1S/C17H19N3OS.H2O4S/c1-4-20(5-2)11-6-7-13-16(8-11)22-17-9-12(18)15(21-3)10-14(17)19-13;1-5(2,3)4/h6-10,18H,4-5H2,1-3H3;(H2,1,2,3,4). The molecule has 0 atom stereocenters. The zero-order valence-corrected chi connectivity index (χ0v) is 16.8. The van der Waals surface area contributed by atoms with Gasteiger partial charge in [0.2, 0.25) is 15.8 Å². The Morgan fingerprint density at radius 3 is 2.44 bits per heavy atom. The van der Waals surface area contributed by atoms with Gasteiger partial charge in [0, 0.05) is 18.2 Å². The summed E-state index contributed by atoms with van der Waals surface area (Å²) in [5.74, 6) is 0.673. The molecule has 27 heavy (non-hydrogen) atoms. The van der Waals surface area contributed by atoms with E-state index in [0.29, 0.717) is 11.4 Å². The number of nitrogen functional groups attached to an aromatic ring is 1. The van der Waals surface area contributed by atoms with Crippen molar-refractivity contribution in [2.75, 3.05) is 25.9 Å². The minimum atomic E-state index is -4.92. The predicted octanol–water partition coefficient (Wildman–Crippen LogP) is 1.81. The van der Waals surface area contributed by atoms with Crippen LogP contribution in [0.3, 0.4) is 0 Å². The fraction of sp³-hybridized carbons (Fsp3) is 0.294. The maximum Gasteiger partial charge on any atom is 0.215 e. The molecule has 0 spiro atoms. The highest BCUT2D eigenvalue weighted by Crippen LogP contribution is 2.34. The first-order valence-corrected chi connectivity index (χ1v) is 10.3. The van der Waals surface area contributed by atoms with Crippen LogP contribution in [-0.4, -0.2) is 42.7 Å². The predicted molar refractivity (Wildman–Crippen MR) is 106 cm³/mol. The van der Waals surface area contributed by atoms with E-state index in [-0.39, 0.29) is 0 Å². The highest BCUT2D eigenvalue weighted by atomic mass is 32.3. The Morgan fingerprint density at radius 1 is 1.26 bits per heavy atom. The van der Waals surface area contributed by atoms with Gasteiger partial charge in [-0.3, -0.25) is 4.55 Å². The molecular formula is C17H21N3O5S2. The third-order valence-electron chi connectivity index (χ3n) is 3.84. The van der Waals surface area contributed by atoms with Crippen LogP contribution in [0.2, 0.25) is 0 Å². The number of anilines is 1. The lowest BCUT2D eigenvalue weighted by molar-refractivity contribution is 0.366. The normalized spacial score (nSPS) is 11.1. The quantitative estimate of drug-likeness (QED) is 0.221. The molecule has 1 heterocycles. The molecule has 1 aliphatic carbocycles. The average molecular weight is 412 g/mol. The van der Waals surface area contributed by atoms with E-state index in [9.17, 15) is 0 Å². The number of hydrogen-bond acceptors (Lipinski definition) is 7. The lowest BCUT2D eigenvalue weighted by Gasteiger charge is -2.09. The molecule has 0 bridgehead atoms. The molecule has 1 aliphatic heterocycles. The lowest BCUT2D eigenvalue weighted by atomic mass is 10.2. The van der Waals surface area contributed by atoms with Crippen LogP contribution in [0.4, 0.5) is 5.69 Å².